The van der Waals surface area contributed by atoms with Gasteiger partial charge in [0.25, 0.3) is 5.91 Å². The molecule has 0 saturated carbocycles. The molecule has 2 aromatic rings. The van der Waals surface area contributed by atoms with E-state index in [9.17, 15) is 4.79 Å². The van der Waals surface area contributed by atoms with E-state index in [1.54, 1.807) is 12.1 Å². The summed E-state index contributed by atoms with van der Waals surface area (Å²) in [7, 11) is 0. The third-order valence-corrected chi connectivity index (χ3v) is 2.32. The molecule has 0 radical (unpaired) electrons. The number of hydrogen-bond acceptors (Lipinski definition) is 3. The van der Waals surface area contributed by atoms with Crippen LogP contribution in [-0.4, -0.2) is 16.0 Å². The van der Waals surface area contributed by atoms with Crippen molar-refractivity contribution in [3.63, 3.8) is 0 Å². The monoisotopic (exact) mass is 248 g/mol. The molecule has 0 saturated heterocycles. The molecule has 5 heteroatoms. The van der Waals surface area contributed by atoms with Gasteiger partial charge in [-0.05, 0) is 36.4 Å². The first-order valence-electron chi connectivity index (χ1n) is 4.87. The Hall–Kier alpha value is -2.07. The molecule has 1 aromatic carbocycles. The summed E-state index contributed by atoms with van der Waals surface area (Å²) in [5, 5.41) is 12.1. The Labute approximate surface area is 103 Å². The van der Waals surface area contributed by atoms with Crippen molar-refractivity contribution in [1.29, 1.82) is 0 Å². The number of phenolic OH excluding ortho intramolecular Hbond substituents is 1. The number of aromatic hydroxyl groups is 1. The van der Waals surface area contributed by atoms with E-state index < -0.39 is 0 Å². The highest BCUT2D eigenvalue weighted by molar-refractivity contribution is 6.29. The minimum Gasteiger partial charge on any atom is -0.508 e. The molecule has 0 atom stereocenters. The van der Waals surface area contributed by atoms with Crippen LogP contribution in [0.4, 0.5) is 5.69 Å². The molecule has 0 aliphatic rings. The van der Waals surface area contributed by atoms with E-state index in [0.29, 0.717) is 16.4 Å². The van der Waals surface area contributed by atoms with E-state index >= 15 is 0 Å². The van der Waals surface area contributed by atoms with Crippen LogP contribution in [0, 0.1) is 0 Å². The molecule has 86 valence electrons. The second kappa shape index (κ2) is 4.84. The van der Waals surface area contributed by atoms with Gasteiger partial charge in [-0.25, -0.2) is 4.98 Å². The van der Waals surface area contributed by atoms with Gasteiger partial charge in [0.05, 0.1) is 0 Å². The molecule has 0 bridgehead atoms. The number of aromatic nitrogens is 1. The van der Waals surface area contributed by atoms with E-state index in [1.165, 1.54) is 30.5 Å². The molecule has 0 unspecified atom stereocenters. The summed E-state index contributed by atoms with van der Waals surface area (Å²) in [6.07, 6.45) is 1.51. The fourth-order valence-corrected chi connectivity index (χ4v) is 1.47. The molecule has 1 aromatic heterocycles. The summed E-state index contributed by atoms with van der Waals surface area (Å²) >= 11 is 5.70. The predicted molar refractivity (Wildman–Crippen MR) is 65.3 cm³/mol. The third-order valence-electron chi connectivity index (χ3n) is 2.11. The smallest absolute Gasteiger partial charge is 0.255 e. The lowest BCUT2D eigenvalue weighted by Gasteiger charge is -2.05. The van der Waals surface area contributed by atoms with Gasteiger partial charge in [-0.1, -0.05) is 11.6 Å². The Morgan fingerprint density at radius 1 is 1.24 bits per heavy atom. The standard InChI is InChI=1S/C12H9ClN2O2/c13-11-7-9(5-6-14-11)15-12(17)8-1-3-10(16)4-2-8/h1-7,16H,(H,14,15,17). The van der Waals surface area contributed by atoms with Crippen molar-refractivity contribution < 1.29 is 9.90 Å². The Kier molecular flexibility index (Phi) is 3.25. The van der Waals surface area contributed by atoms with Gasteiger partial charge >= 0.3 is 0 Å². The molecule has 17 heavy (non-hydrogen) atoms. The molecule has 0 spiro atoms. The average Bonchev–Trinajstić information content (AvgIpc) is 2.29. The molecule has 1 heterocycles. The molecule has 0 aliphatic heterocycles. The molecule has 2 N–H and O–H groups in total. The largest absolute Gasteiger partial charge is 0.508 e. The van der Waals surface area contributed by atoms with Crippen LogP contribution in [0.1, 0.15) is 10.4 Å². The Balaban J connectivity index is 2.14. The van der Waals surface area contributed by atoms with Crippen LogP contribution in [0.3, 0.4) is 0 Å². The lowest BCUT2D eigenvalue weighted by Crippen LogP contribution is -2.11. The Morgan fingerprint density at radius 3 is 2.59 bits per heavy atom. The summed E-state index contributed by atoms with van der Waals surface area (Å²) in [4.78, 5) is 15.6. The summed E-state index contributed by atoms with van der Waals surface area (Å²) in [5.74, 6) is -0.152. The molecule has 0 aliphatic carbocycles. The average molecular weight is 249 g/mol. The highest BCUT2D eigenvalue weighted by Crippen LogP contribution is 2.14. The van der Waals surface area contributed by atoms with Crippen molar-refractivity contribution in [3.8, 4) is 5.75 Å². The number of rotatable bonds is 2. The SMILES string of the molecule is O=C(Nc1ccnc(Cl)c1)c1ccc(O)cc1. The van der Waals surface area contributed by atoms with Gasteiger partial charge in [0.15, 0.2) is 0 Å². The predicted octanol–water partition coefficient (Wildman–Crippen LogP) is 2.69. The third kappa shape index (κ3) is 2.95. The second-order valence-electron chi connectivity index (χ2n) is 3.37. The lowest BCUT2D eigenvalue weighted by atomic mass is 10.2. The molecule has 0 fully saturated rings. The zero-order chi connectivity index (χ0) is 12.3. The normalized spacial score (nSPS) is 9.94. The summed E-state index contributed by atoms with van der Waals surface area (Å²) < 4.78 is 0. The van der Waals surface area contributed by atoms with Crippen LogP contribution in [0.25, 0.3) is 0 Å². The van der Waals surface area contributed by atoms with Gasteiger partial charge in [-0.15, -0.1) is 0 Å². The first-order chi connectivity index (χ1) is 8.15. The van der Waals surface area contributed by atoms with Crippen LogP contribution in [0.5, 0.6) is 5.75 Å². The highest BCUT2D eigenvalue weighted by atomic mass is 35.5. The van der Waals surface area contributed by atoms with Crippen molar-refractivity contribution in [1.82, 2.24) is 4.98 Å². The van der Waals surface area contributed by atoms with Gasteiger partial charge < -0.3 is 10.4 Å². The minimum atomic E-state index is -0.271. The van der Waals surface area contributed by atoms with Gasteiger partial charge in [-0.3, -0.25) is 4.79 Å². The number of amides is 1. The van der Waals surface area contributed by atoms with Crippen LogP contribution >= 0.6 is 11.6 Å². The maximum Gasteiger partial charge on any atom is 0.255 e. The maximum atomic E-state index is 11.8. The fraction of sp³-hybridized carbons (Fsp3) is 0. The van der Waals surface area contributed by atoms with E-state index in [1.807, 2.05) is 0 Å². The number of pyridine rings is 1. The van der Waals surface area contributed by atoms with Crippen LogP contribution in [-0.2, 0) is 0 Å². The fourth-order valence-electron chi connectivity index (χ4n) is 1.30. The number of benzene rings is 1. The molecule has 2 rings (SSSR count). The van der Waals surface area contributed by atoms with Crippen LogP contribution in [0.2, 0.25) is 5.15 Å². The Bertz CT molecular complexity index is 540. The first-order valence-corrected chi connectivity index (χ1v) is 5.25. The number of nitrogens with zero attached hydrogens (tertiary/aromatic N) is 1. The highest BCUT2D eigenvalue weighted by Gasteiger charge is 2.06. The number of nitrogens with one attached hydrogen (secondary N) is 1. The lowest BCUT2D eigenvalue weighted by molar-refractivity contribution is 0.102. The van der Waals surface area contributed by atoms with Crippen molar-refractivity contribution in [2.75, 3.05) is 5.32 Å². The van der Waals surface area contributed by atoms with E-state index in [-0.39, 0.29) is 11.7 Å². The van der Waals surface area contributed by atoms with Crippen molar-refractivity contribution >= 4 is 23.2 Å². The number of anilines is 1. The van der Waals surface area contributed by atoms with E-state index in [2.05, 4.69) is 10.3 Å². The molecule has 1 amide bonds. The van der Waals surface area contributed by atoms with Gasteiger partial charge in [0.2, 0.25) is 0 Å². The zero-order valence-corrected chi connectivity index (χ0v) is 9.48. The van der Waals surface area contributed by atoms with Gasteiger partial charge in [0, 0.05) is 17.4 Å². The van der Waals surface area contributed by atoms with Gasteiger partial charge in [-0.2, -0.15) is 0 Å². The van der Waals surface area contributed by atoms with Crippen molar-refractivity contribution in [2.45, 2.75) is 0 Å². The number of halogens is 1. The number of phenols is 1. The van der Waals surface area contributed by atoms with E-state index in [4.69, 9.17) is 16.7 Å². The second-order valence-corrected chi connectivity index (χ2v) is 3.76. The molecule has 4 nitrogen and oxygen atoms in total. The van der Waals surface area contributed by atoms with Gasteiger partial charge in [0.1, 0.15) is 10.9 Å². The van der Waals surface area contributed by atoms with E-state index in [0.717, 1.165) is 0 Å². The summed E-state index contributed by atoms with van der Waals surface area (Å²) in [6.45, 7) is 0. The zero-order valence-electron chi connectivity index (χ0n) is 8.72. The summed E-state index contributed by atoms with van der Waals surface area (Å²) in [5.41, 5.74) is 1.03. The Morgan fingerprint density at radius 2 is 1.94 bits per heavy atom. The summed E-state index contributed by atoms with van der Waals surface area (Å²) in [6, 6.07) is 9.17. The topological polar surface area (TPSA) is 62.2 Å². The number of carbonyl (C=O) groups excluding carboxylic acids is 1. The van der Waals surface area contributed by atoms with Crippen molar-refractivity contribution in [3.05, 3.63) is 53.3 Å². The maximum absolute atomic E-state index is 11.8. The molecular weight excluding hydrogens is 240 g/mol. The molecular formula is C12H9ClN2O2. The van der Waals surface area contributed by atoms with Crippen LogP contribution < -0.4 is 5.32 Å². The first kappa shape index (κ1) is 11.4. The number of carbonyl (C=O) groups is 1. The quantitative estimate of drug-likeness (QED) is 0.804. The van der Waals surface area contributed by atoms with Crippen molar-refractivity contribution in [2.24, 2.45) is 0 Å². The minimum absolute atomic E-state index is 0.119. The van der Waals surface area contributed by atoms with Crippen LogP contribution in [0.15, 0.2) is 42.6 Å². The number of hydrogen-bond donors (Lipinski definition) is 2.